The number of rotatable bonds is 29. The number of carbonyl (C=O) groups excluding carboxylic acids is 8. The van der Waals surface area contributed by atoms with Crippen LogP contribution in [0.3, 0.4) is 0 Å². The number of amides is 6. The molecule has 0 aromatic heterocycles. The van der Waals surface area contributed by atoms with Gasteiger partial charge in [-0.1, -0.05) is 149 Å². The summed E-state index contributed by atoms with van der Waals surface area (Å²) >= 11 is 0. The van der Waals surface area contributed by atoms with Gasteiger partial charge in [0.2, 0.25) is 29.5 Å². The monoisotopic (exact) mass is 1210 g/mol. The van der Waals surface area contributed by atoms with Crippen molar-refractivity contribution in [2.75, 3.05) is 52.9 Å². The average molecular weight is 1210 g/mol. The molecule has 6 amide bonds. The van der Waals surface area contributed by atoms with Crippen molar-refractivity contribution >= 4 is 47.0 Å². The minimum absolute atomic E-state index is 0.00842. The van der Waals surface area contributed by atoms with Gasteiger partial charge in [0, 0.05) is 81.5 Å². The molecule has 4 aliphatic rings. The Hall–Kier alpha value is -7.08. The second-order valence-electron chi connectivity index (χ2n) is 25.4. The van der Waals surface area contributed by atoms with E-state index in [0.29, 0.717) is 49.9 Å². The zero-order chi connectivity index (χ0) is 62.7. The molecule has 8 rings (SSSR count). The molecule has 0 unspecified atom stereocenters. The molecule has 0 bridgehead atoms. The van der Waals surface area contributed by atoms with E-state index in [4.69, 9.17) is 0 Å². The molecule has 2 aliphatic heterocycles. The quantitative estimate of drug-likeness (QED) is 0.0328. The van der Waals surface area contributed by atoms with Crippen LogP contribution in [-0.4, -0.2) is 166 Å². The van der Waals surface area contributed by atoms with Crippen molar-refractivity contribution < 1.29 is 48.6 Å². The van der Waals surface area contributed by atoms with Gasteiger partial charge >= 0.3 is 0 Å². The zero-order valence-electron chi connectivity index (χ0n) is 52.3. The first kappa shape index (κ1) is 66.9. The van der Waals surface area contributed by atoms with Crippen molar-refractivity contribution in [3.05, 3.63) is 131 Å². The van der Waals surface area contributed by atoms with Gasteiger partial charge in [0.25, 0.3) is 5.91 Å². The number of likely N-dealkylation sites (tertiary alicyclic amines) is 2. The van der Waals surface area contributed by atoms with Gasteiger partial charge in [-0.25, -0.2) is 0 Å². The second-order valence-corrected chi connectivity index (χ2v) is 25.4. The number of hydrogen-bond donors (Lipinski definition) is 5. The number of ketones is 2. The normalized spacial score (nSPS) is 20.3. The molecule has 474 valence electrons. The molecule has 5 N–H and O–H groups in total. The average Bonchev–Trinajstić information content (AvgIpc) is 4.20. The van der Waals surface area contributed by atoms with Crippen molar-refractivity contribution in [3.8, 4) is 11.1 Å². The number of aliphatic hydroxyl groups is 2. The first-order valence-electron chi connectivity index (χ1n) is 32.6. The third kappa shape index (κ3) is 18.5. The smallest absolute Gasteiger partial charge is 0.251 e. The van der Waals surface area contributed by atoms with Gasteiger partial charge in [0.1, 0.15) is 11.8 Å². The van der Waals surface area contributed by atoms with Crippen LogP contribution in [0.1, 0.15) is 155 Å². The summed E-state index contributed by atoms with van der Waals surface area (Å²) < 4.78 is 0. The number of nitrogens with zero attached hydrogens (tertiary/aromatic N) is 4. The standard InChI is InChI=1S/C71H95N7O10/c1-5-48(2)68(85)74-67(56-24-16-9-17-25-56)71(88)78-47-61(80)41-59(78)44-75(38-36-50-18-10-6-11-19-50)65(83)35-34-63(81)55-30-26-52(27-31-55)53-28-32-57(33-29-53)69(86)73-43-66(84)76(39-37-51-20-12-7-13-21-51)45-58-40-60(79)46-77(58)70(87)62(42-64(82)49(3)72-4)54-22-14-8-15-23-54/h6-7,10-13,18-21,26-33,48-49,54,56,58-62,67,72,79-80H,5,8-9,14-17,22-25,34-47H2,1-4H3,(H,73,86)(H,74,85)/t48-,49+,58+,59+,60+,61+,62+,67+/m1/s1. The van der Waals surface area contributed by atoms with Crippen molar-refractivity contribution in [1.29, 1.82) is 0 Å². The lowest BCUT2D eigenvalue weighted by Gasteiger charge is -2.36. The molecular formula is C71H95N7O10. The van der Waals surface area contributed by atoms with E-state index in [2.05, 4.69) is 16.0 Å². The Kier molecular flexibility index (Phi) is 25.0. The summed E-state index contributed by atoms with van der Waals surface area (Å²) in [5.74, 6) is -2.45. The Labute approximate surface area is 520 Å². The summed E-state index contributed by atoms with van der Waals surface area (Å²) in [6.07, 6.45) is 10.4. The maximum atomic E-state index is 14.6. The summed E-state index contributed by atoms with van der Waals surface area (Å²) in [5.41, 5.74) is 4.43. The summed E-state index contributed by atoms with van der Waals surface area (Å²) in [6.45, 7) is 6.57. The predicted molar refractivity (Wildman–Crippen MR) is 340 cm³/mol. The van der Waals surface area contributed by atoms with E-state index in [-0.39, 0.29) is 117 Å². The highest BCUT2D eigenvalue weighted by Crippen LogP contribution is 2.36. The van der Waals surface area contributed by atoms with E-state index in [9.17, 15) is 48.6 Å². The Morgan fingerprint density at radius 1 is 0.591 bits per heavy atom. The van der Waals surface area contributed by atoms with Gasteiger partial charge in [-0.2, -0.15) is 0 Å². The molecule has 2 aliphatic carbocycles. The van der Waals surface area contributed by atoms with Crippen LogP contribution in [0.25, 0.3) is 11.1 Å². The van der Waals surface area contributed by atoms with Crippen LogP contribution in [0.15, 0.2) is 109 Å². The molecule has 17 heteroatoms. The fourth-order valence-corrected chi connectivity index (χ4v) is 13.5. The van der Waals surface area contributed by atoms with Crippen LogP contribution in [0.5, 0.6) is 0 Å². The minimum Gasteiger partial charge on any atom is -0.391 e. The molecule has 4 fully saturated rings. The molecule has 88 heavy (non-hydrogen) atoms. The second kappa shape index (κ2) is 32.9. The van der Waals surface area contributed by atoms with Crippen LogP contribution in [0.4, 0.5) is 0 Å². The maximum absolute atomic E-state index is 14.6. The van der Waals surface area contributed by atoms with Crippen LogP contribution in [0, 0.1) is 23.7 Å². The number of nitrogens with one attached hydrogen (secondary N) is 3. The third-order valence-corrected chi connectivity index (χ3v) is 19.2. The lowest BCUT2D eigenvalue weighted by atomic mass is 9.76. The van der Waals surface area contributed by atoms with Crippen molar-refractivity contribution in [2.24, 2.45) is 23.7 Å². The summed E-state index contributed by atoms with van der Waals surface area (Å²) in [6, 6.07) is 31.6. The number of aliphatic hydroxyl groups excluding tert-OH is 2. The lowest BCUT2D eigenvalue weighted by Crippen LogP contribution is -2.56. The van der Waals surface area contributed by atoms with Crippen LogP contribution < -0.4 is 16.0 Å². The van der Waals surface area contributed by atoms with Gasteiger partial charge < -0.3 is 45.8 Å². The molecule has 0 spiro atoms. The van der Waals surface area contributed by atoms with E-state index in [1.807, 2.05) is 86.6 Å². The van der Waals surface area contributed by atoms with Gasteiger partial charge in [-0.3, -0.25) is 38.4 Å². The van der Waals surface area contributed by atoms with Gasteiger partial charge in [0.15, 0.2) is 5.78 Å². The molecule has 2 heterocycles. The third-order valence-electron chi connectivity index (χ3n) is 19.2. The molecule has 4 aromatic carbocycles. The number of likely N-dealkylation sites (N-methyl/N-ethyl adjacent to an activating group) is 1. The Balaban J connectivity index is 0.876. The molecule has 17 nitrogen and oxygen atoms in total. The summed E-state index contributed by atoms with van der Waals surface area (Å²) in [5, 5.41) is 31.0. The van der Waals surface area contributed by atoms with Crippen molar-refractivity contribution in [3.63, 3.8) is 0 Å². The maximum Gasteiger partial charge on any atom is 0.251 e. The largest absolute Gasteiger partial charge is 0.391 e. The van der Waals surface area contributed by atoms with Crippen molar-refractivity contribution in [1.82, 2.24) is 35.6 Å². The minimum atomic E-state index is -0.781. The number of hydrogen-bond acceptors (Lipinski definition) is 11. The molecule has 0 radical (unpaired) electrons. The molecular weight excluding hydrogens is 1110 g/mol. The van der Waals surface area contributed by atoms with Gasteiger partial charge in [-0.05, 0) is 118 Å². The number of Topliss-reactive ketones (excluding diaryl/α,β-unsaturated/α-hetero) is 2. The number of carbonyl (C=O) groups is 8. The van der Waals surface area contributed by atoms with Crippen LogP contribution in [0.2, 0.25) is 0 Å². The van der Waals surface area contributed by atoms with Crippen LogP contribution >= 0.6 is 0 Å². The molecule has 8 atom stereocenters. The molecule has 2 saturated heterocycles. The highest BCUT2D eigenvalue weighted by molar-refractivity contribution is 5.99. The van der Waals surface area contributed by atoms with Crippen LogP contribution in [-0.2, 0) is 41.6 Å². The van der Waals surface area contributed by atoms with E-state index in [0.717, 1.165) is 86.5 Å². The van der Waals surface area contributed by atoms with E-state index in [1.54, 1.807) is 70.0 Å². The summed E-state index contributed by atoms with van der Waals surface area (Å²) in [7, 11) is 1.73. The highest BCUT2D eigenvalue weighted by atomic mass is 16.3. The van der Waals surface area contributed by atoms with E-state index in [1.165, 1.54) is 0 Å². The number of benzene rings is 4. The fourth-order valence-electron chi connectivity index (χ4n) is 13.5. The lowest BCUT2D eigenvalue weighted by molar-refractivity contribution is -0.143. The Morgan fingerprint density at radius 3 is 1.59 bits per heavy atom. The zero-order valence-corrected chi connectivity index (χ0v) is 52.3. The Bertz CT molecular complexity index is 2750. The fraction of sp³-hybridized carbons (Fsp3) is 0.549. The molecule has 4 aromatic rings. The molecule has 2 saturated carbocycles. The highest BCUT2D eigenvalue weighted by Gasteiger charge is 2.44. The summed E-state index contributed by atoms with van der Waals surface area (Å²) in [4.78, 5) is 118. The topological polar surface area (TPSA) is 226 Å². The van der Waals surface area contributed by atoms with E-state index < -0.39 is 48.2 Å². The first-order valence-corrected chi connectivity index (χ1v) is 32.6. The Morgan fingerprint density at radius 2 is 1.08 bits per heavy atom. The van der Waals surface area contributed by atoms with Crippen molar-refractivity contribution in [2.45, 2.75) is 173 Å². The first-order chi connectivity index (χ1) is 42.5. The SMILES string of the molecule is CC[C@@H](C)C(=O)N[C@H](C(=O)N1C[C@@H](O)C[C@H]1CN(CCc1ccccc1)C(=O)CCC(=O)c1ccc(-c2ccc(C(=O)NCC(=O)N(CCc3ccccc3)C[C@@H]3C[C@H](O)CN3C(=O)[C@@H](CC(=O)[C@H](C)NC)C3CCCCC3)cc2)cc1)C1CCCCC1. The van der Waals surface area contributed by atoms with E-state index >= 15 is 0 Å². The predicted octanol–water partition coefficient (Wildman–Crippen LogP) is 7.99. The van der Waals surface area contributed by atoms with Gasteiger partial charge in [-0.15, -0.1) is 0 Å². The number of β-amino-alcohol motifs (C(OH)–C–C–N with tert-alkyl or cyclic N) is 2. The van der Waals surface area contributed by atoms with Gasteiger partial charge in [0.05, 0.1) is 36.9 Å².